The molecule has 2 atom stereocenters. The number of rotatable bonds is 6. The van der Waals surface area contributed by atoms with Gasteiger partial charge in [-0.2, -0.15) is 0 Å². The van der Waals surface area contributed by atoms with E-state index in [1.54, 1.807) is 42.5 Å². The largest absolute Gasteiger partial charge is 0.479 e. The molecule has 0 aliphatic heterocycles. The Kier molecular flexibility index (Phi) is 5.11. The first-order valence-electron chi connectivity index (χ1n) is 6.68. The number of benzene rings is 1. The highest BCUT2D eigenvalue weighted by Gasteiger charge is 2.24. The standard InChI is InChI=1S/C16H17NO3S/c1-11(10-13-8-5-9-21-13)15(18)17-14(16(19)20)12-6-3-2-4-7-12/h2-9,11,14H,10H2,1H3,(H,17,18)(H,19,20)/t11-,14+/m0/s1. The first kappa shape index (κ1) is 15.3. The van der Waals surface area contributed by atoms with Crippen molar-refractivity contribution in [2.75, 3.05) is 0 Å². The second-order valence-electron chi connectivity index (χ2n) is 4.88. The molecule has 0 aliphatic carbocycles. The van der Waals surface area contributed by atoms with E-state index in [4.69, 9.17) is 0 Å². The summed E-state index contributed by atoms with van der Waals surface area (Å²) in [6.45, 7) is 1.80. The van der Waals surface area contributed by atoms with Crippen LogP contribution in [-0.2, 0) is 16.0 Å². The van der Waals surface area contributed by atoms with E-state index in [2.05, 4.69) is 5.32 Å². The van der Waals surface area contributed by atoms with E-state index in [9.17, 15) is 14.7 Å². The Morgan fingerprint density at radius 1 is 1.19 bits per heavy atom. The molecule has 2 aromatic rings. The lowest BCUT2D eigenvalue weighted by molar-refractivity contribution is -0.142. The lowest BCUT2D eigenvalue weighted by Gasteiger charge is -2.18. The number of hydrogen-bond acceptors (Lipinski definition) is 3. The van der Waals surface area contributed by atoms with Gasteiger partial charge in [0.1, 0.15) is 0 Å². The summed E-state index contributed by atoms with van der Waals surface area (Å²) in [4.78, 5) is 24.7. The van der Waals surface area contributed by atoms with Crippen LogP contribution in [0.25, 0.3) is 0 Å². The molecule has 1 heterocycles. The fourth-order valence-corrected chi connectivity index (χ4v) is 2.88. The van der Waals surface area contributed by atoms with Crippen molar-refractivity contribution in [2.45, 2.75) is 19.4 Å². The van der Waals surface area contributed by atoms with E-state index in [-0.39, 0.29) is 11.8 Å². The van der Waals surface area contributed by atoms with Gasteiger partial charge in [0.25, 0.3) is 0 Å². The number of nitrogens with one attached hydrogen (secondary N) is 1. The molecule has 0 saturated carbocycles. The minimum Gasteiger partial charge on any atom is -0.479 e. The van der Waals surface area contributed by atoms with Gasteiger partial charge in [-0.25, -0.2) is 4.79 Å². The highest BCUT2D eigenvalue weighted by atomic mass is 32.1. The number of amides is 1. The van der Waals surface area contributed by atoms with Crippen LogP contribution in [0, 0.1) is 5.92 Å². The molecule has 0 aliphatic rings. The maximum atomic E-state index is 12.2. The van der Waals surface area contributed by atoms with Crippen LogP contribution in [0.15, 0.2) is 47.8 Å². The fourth-order valence-electron chi connectivity index (χ4n) is 2.04. The van der Waals surface area contributed by atoms with Crippen LogP contribution in [0.3, 0.4) is 0 Å². The second-order valence-corrected chi connectivity index (χ2v) is 5.91. The summed E-state index contributed by atoms with van der Waals surface area (Å²) in [6, 6.07) is 11.6. The van der Waals surface area contributed by atoms with Crippen LogP contribution in [0.2, 0.25) is 0 Å². The zero-order valence-corrected chi connectivity index (χ0v) is 12.5. The van der Waals surface area contributed by atoms with Crippen molar-refractivity contribution >= 4 is 23.2 Å². The third-order valence-electron chi connectivity index (χ3n) is 3.20. The van der Waals surface area contributed by atoms with E-state index < -0.39 is 12.0 Å². The summed E-state index contributed by atoms with van der Waals surface area (Å²) in [5, 5.41) is 13.9. The van der Waals surface area contributed by atoms with Crippen molar-refractivity contribution in [1.82, 2.24) is 5.32 Å². The zero-order chi connectivity index (χ0) is 15.2. The molecule has 0 radical (unpaired) electrons. The van der Waals surface area contributed by atoms with Crippen molar-refractivity contribution in [1.29, 1.82) is 0 Å². The van der Waals surface area contributed by atoms with Gasteiger partial charge >= 0.3 is 5.97 Å². The number of carboxylic acids is 1. The molecule has 5 heteroatoms. The molecule has 0 unspecified atom stereocenters. The molecule has 1 aromatic carbocycles. The topological polar surface area (TPSA) is 66.4 Å². The summed E-state index contributed by atoms with van der Waals surface area (Å²) in [7, 11) is 0. The zero-order valence-electron chi connectivity index (χ0n) is 11.7. The Hall–Kier alpha value is -2.14. The average Bonchev–Trinajstić information content (AvgIpc) is 2.98. The lowest BCUT2D eigenvalue weighted by Crippen LogP contribution is -2.37. The van der Waals surface area contributed by atoms with E-state index in [1.807, 2.05) is 23.6 Å². The van der Waals surface area contributed by atoms with Gasteiger partial charge < -0.3 is 10.4 Å². The molecule has 110 valence electrons. The quantitative estimate of drug-likeness (QED) is 0.862. The molecule has 1 aromatic heterocycles. The first-order chi connectivity index (χ1) is 10.1. The third kappa shape index (κ3) is 4.16. The highest BCUT2D eigenvalue weighted by Crippen LogP contribution is 2.17. The molecule has 2 N–H and O–H groups in total. The predicted octanol–water partition coefficient (Wildman–Crippen LogP) is 2.87. The van der Waals surface area contributed by atoms with Crippen LogP contribution < -0.4 is 5.32 Å². The van der Waals surface area contributed by atoms with Crippen LogP contribution >= 0.6 is 11.3 Å². The summed E-state index contributed by atoms with van der Waals surface area (Å²) >= 11 is 1.59. The smallest absolute Gasteiger partial charge is 0.330 e. The van der Waals surface area contributed by atoms with Crippen molar-refractivity contribution in [2.24, 2.45) is 5.92 Å². The predicted molar refractivity (Wildman–Crippen MR) is 82.1 cm³/mol. The number of carbonyl (C=O) groups is 2. The van der Waals surface area contributed by atoms with Gasteiger partial charge in [-0.05, 0) is 23.4 Å². The normalized spacial score (nSPS) is 13.4. The third-order valence-corrected chi connectivity index (χ3v) is 4.10. The minimum atomic E-state index is -1.06. The lowest BCUT2D eigenvalue weighted by atomic mass is 10.0. The monoisotopic (exact) mass is 303 g/mol. The van der Waals surface area contributed by atoms with Crippen molar-refractivity contribution in [3.63, 3.8) is 0 Å². The SMILES string of the molecule is C[C@@H](Cc1cccs1)C(=O)N[C@@H](C(=O)O)c1ccccc1. The minimum absolute atomic E-state index is 0.250. The number of carboxylic acid groups (broad SMARTS) is 1. The van der Waals surface area contributed by atoms with Gasteiger partial charge in [0.05, 0.1) is 0 Å². The van der Waals surface area contributed by atoms with Gasteiger partial charge in [-0.3, -0.25) is 4.79 Å². The van der Waals surface area contributed by atoms with E-state index in [0.29, 0.717) is 12.0 Å². The Morgan fingerprint density at radius 3 is 2.48 bits per heavy atom. The van der Waals surface area contributed by atoms with Gasteiger partial charge in [0.2, 0.25) is 5.91 Å². The van der Waals surface area contributed by atoms with Gasteiger partial charge in [0.15, 0.2) is 6.04 Å². The van der Waals surface area contributed by atoms with E-state index in [0.717, 1.165) is 4.88 Å². The van der Waals surface area contributed by atoms with Crippen molar-refractivity contribution < 1.29 is 14.7 Å². The Morgan fingerprint density at radius 2 is 1.90 bits per heavy atom. The molecule has 4 nitrogen and oxygen atoms in total. The van der Waals surface area contributed by atoms with E-state index >= 15 is 0 Å². The maximum Gasteiger partial charge on any atom is 0.330 e. The number of thiophene rings is 1. The molecule has 1 amide bonds. The molecular formula is C16H17NO3S. The average molecular weight is 303 g/mol. The van der Waals surface area contributed by atoms with Crippen LogP contribution in [-0.4, -0.2) is 17.0 Å². The van der Waals surface area contributed by atoms with Gasteiger partial charge in [0, 0.05) is 10.8 Å². The number of carbonyl (C=O) groups excluding carboxylic acids is 1. The molecule has 0 spiro atoms. The highest BCUT2D eigenvalue weighted by molar-refractivity contribution is 7.09. The van der Waals surface area contributed by atoms with Crippen LogP contribution in [0.1, 0.15) is 23.4 Å². The Balaban J connectivity index is 2.03. The maximum absolute atomic E-state index is 12.2. The van der Waals surface area contributed by atoms with E-state index in [1.165, 1.54) is 0 Å². The van der Waals surface area contributed by atoms with Crippen molar-refractivity contribution in [3.8, 4) is 0 Å². The molecule has 2 rings (SSSR count). The van der Waals surface area contributed by atoms with Crippen LogP contribution in [0.4, 0.5) is 0 Å². The first-order valence-corrected chi connectivity index (χ1v) is 7.56. The summed E-state index contributed by atoms with van der Waals surface area (Å²) in [5.74, 6) is -1.58. The van der Waals surface area contributed by atoms with Gasteiger partial charge in [-0.1, -0.05) is 43.3 Å². The molecule has 21 heavy (non-hydrogen) atoms. The number of hydrogen-bond donors (Lipinski definition) is 2. The van der Waals surface area contributed by atoms with Gasteiger partial charge in [-0.15, -0.1) is 11.3 Å². The summed E-state index contributed by atoms with van der Waals surface area (Å²) in [5.41, 5.74) is 0.571. The Bertz CT molecular complexity index is 595. The fraction of sp³-hybridized carbons (Fsp3) is 0.250. The molecule has 0 saturated heterocycles. The molecule has 0 bridgehead atoms. The van der Waals surface area contributed by atoms with Crippen LogP contribution in [0.5, 0.6) is 0 Å². The van der Waals surface area contributed by atoms with Crippen molar-refractivity contribution in [3.05, 3.63) is 58.3 Å². The number of aliphatic carboxylic acids is 1. The summed E-state index contributed by atoms with van der Waals surface area (Å²) in [6.07, 6.45) is 0.616. The second kappa shape index (κ2) is 7.04. The Labute approximate surface area is 127 Å². The molecular weight excluding hydrogens is 286 g/mol. The molecule has 0 fully saturated rings. The summed E-state index contributed by atoms with van der Waals surface area (Å²) < 4.78 is 0.